The van der Waals surface area contributed by atoms with Crippen molar-refractivity contribution in [2.24, 2.45) is 0 Å². The second kappa shape index (κ2) is 7.04. The zero-order chi connectivity index (χ0) is 18.6. The van der Waals surface area contributed by atoms with Crippen LogP contribution in [0.25, 0.3) is 6.08 Å². The predicted molar refractivity (Wildman–Crippen MR) is 84.2 cm³/mol. The van der Waals surface area contributed by atoms with Crippen molar-refractivity contribution in [3.8, 4) is 0 Å². The van der Waals surface area contributed by atoms with E-state index in [4.69, 9.17) is 0 Å². The fraction of sp³-hybridized carbons (Fsp3) is 0.0625. The summed E-state index contributed by atoms with van der Waals surface area (Å²) >= 11 is 0. The van der Waals surface area contributed by atoms with E-state index >= 15 is 0 Å². The number of anilines is 2. The Morgan fingerprint density at radius 2 is 1.92 bits per heavy atom. The van der Waals surface area contributed by atoms with Crippen molar-refractivity contribution in [3.05, 3.63) is 75.5 Å². The molecule has 0 atom stereocenters. The van der Waals surface area contributed by atoms with E-state index in [0.29, 0.717) is 6.20 Å². The standard InChI is InChI=1S/C16H11F3N2O4/c17-16(18,19)11-2-1-3-12(9-11)20-14-5-4-10(6-7-21(24)25)8-13(14)15(22)23/h1-9,20H,(H,22,23). The van der Waals surface area contributed by atoms with Gasteiger partial charge in [-0.2, -0.15) is 13.2 Å². The van der Waals surface area contributed by atoms with Gasteiger partial charge < -0.3 is 10.4 Å². The minimum Gasteiger partial charge on any atom is -0.478 e. The van der Waals surface area contributed by atoms with Gasteiger partial charge >= 0.3 is 12.1 Å². The fourth-order valence-electron chi connectivity index (χ4n) is 2.03. The van der Waals surface area contributed by atoms with Crippen molar-refractivity contribution in [2.45, 2.75) is 6.18 Å². The molecule has 130 valence electrons. The van der Waals surface area contributed by atoms with Gasteiger partial charge in [-0.3, -0.25) is 10.1 Å². The third-order valence-corrected chi connectivity index (χ3v) is 3.13. The Labute approximate surface area is 139 Å². The molecule has 0 saturated carbocycles. The molecule has 9 heteroatoms. The topological polar surface area (TPSA) is 92.5 Å². The molecule has 0 aliphatic rings. The van der Waals surface area contributed by atoms with E-state index in [1.165, 1.54) is 30.3 Å². The van der Waals surface area contributed by atoms with Gasteiger partial charge in [-0.05, 0) is 35.9 Å². The zero-order valence-electron chi connectivity index (χ0n) is 12.4. The zero-order valence-corrected chi connectivity index (χ0v) is 12.4. The maximum absolute atomic E-state index is 12.7. The van der Waals surface area contributed by atoms with E-state index in [-0.39, 0.29) is 22.5 Å². The van der Waals surface area contributed by atoms with Crippen molar-refractivity contribution in [1.29, 1.82) is 0 Å². The minimum atomic E-state index is -4.52. The maximum atomic E-state index is 12.7. The van der Waals surface area contributed by atoms with E-state index in [2.05, 4.69) is 5.32 Å². The van der Waals surface area contributed by atoms with Crippen LogP contribution in [0.3, 0.4) is 0 Å². The Kier molecular flexibility index (Phi) is 5.06. The van der Waals surface area contributed by atoms with Crippen LogP contribution in [-0.2, 0) is 6.18 Å². The van der Waals surface area contributed by atoms with Crippen LogP contribution in [0.5, 0.6) is 0 Å². The van der Waals surface area contributed by atoms with Gasteiger partial charge in [0, 0.05) is 11.8 Å². The summed E-state index contributed by atoms with van der Waals surface area (Å²) in [5.41, 5.74) is -0.720. The third-order valence-electron chi connectivity index (χ3n) is 3.13. The summed E-state index contributed by atoms with van der Waals surface area (Å²) in [4.78, 5) is 21.0. The summed E-state index contributed by atoms with van der Waals surface area (Å²) in [7, 11) is 0. The first kappa shape index (κ1) is 18.0. The summed E-state index contributed by atoms with van der Waals surface area (Å²) in [6.07, 6.45) is -2.76. The Balaban J connectivity index is 2.36. The van der Waals surface area contributed by atoms with Crippen LogP contribution in [0.2, 0.25) is 0 Å². The molecule has 2 aromatic rings. The van der Waals surface area contributed by atoms with Crippen LogP contribution in [0.4, 0.5) is 24.5 Å². The highest BCUT2D eigenvalue weighted by molar-refractivity contribution is 5.96. The van der Waals surface area contributed by atoms with Gasteiger partial charge in [0.05, 0.1) is 21.7 Å². The molecule has 0 aliphatic heterocycles. The lowest BCUT2D eigenvalue weighted by Crippen LogP contribution is -2.06. The number of nitrogens with one attached hydrogen (secondary N) is 1. The number of carboxylic acids is 1. The summed E-state index contributed by atoms with van der Waals surface area (Å²) in [6, 6.07) is 8.21. The highest BCUT2D eigenvalue weighted by atomic mass is 19.4. The van der Waals surface area contributed by atoms with E-state index < -0.39 is 22.6 Å². The molecule has 0 spiro atoms. The van der Waals surface area contributed by atoms with E-state index in [1.54, 1.807) is 0 Å². The second-order valence-corrected chi connectivity index (χ2v) is 4.91. The molecule has 6 nitrogen and oxygen atoms in total. The molecule has 2 aromatic carbocycles. The number of carboxylic acid groups (broad SMARTS) is 1. The average Bonchev–Trinajstić information content (AvgIpc) is 2.53. The van der Waals surface area contributed by atoms with Crippen molar-refractivity contribution in [1.82, 2.24) is 0 Å². The summed E-state index contributed by atoms with van der Waals surface area (Å²) in [5, 5.41) is 22.2. The molecule has 0 aliphatic carbocycles. The number of hydrogen-bond acceptors (Lipinski definition) is 4. The number of nitro groups is 1. The molecule has 0 fully saturated rings. The van der Waals surface area contributed by atoms with Gasteiger partial charge in [-0.1, -0.05) is 12.1 Å². The number of hydrogen-bond donors (Lipinski definition) is 2. The molecule has 2 rings (SSSR count). The molecular formula is C16H11F3N2O4. The lowest BCUT2D eigenvalue weighted by molar-refractivity contribution is -0.400. The normalized spacial score (nSPS) is 11.5. The van der Waals surface area contributed by atoms with Crippen molar-refractivity contribution in [3.63, 3.8) is 0 Å². The van der Waals surface area contributed by atoms with Crippen molar-refractivity contribution in [2.75, 3.05) is 5.32 Å². The molecule has 2 N–H and O–H groups in total. The molecule has 0 radical (unpaired) electrons. The Morgan fingerprint density at radius 1 is 1.20 bits per heavy atom. The lowest BCUT2D eigenvalue weighted by atomic mass is 10.1. The number of nitrogens with zero attached hydrogens (tertiary/aromatic N) is 1. The minimum absolute atomic E-state index is 0.0603. The smallest absolute Gasteiger partial charge is 0.416 e. The third kappa shape index (κ3) is 4.80. The van der Waals surface area contributed by atoms with Gasteiger partial charge in [-0.25, -0.2) is 4.79 Å². The van der Waals surface area contributed by atoms with Crippen LogP contribution < -0.4 is 5.32 Å². The molecule has 0 amide bonds. The molecular weight excluding hydrogens is 341 g/mol. The Morgan fingerprint density at radius 3 is 2.52 bits per heavy atom. The number of carbonyl (C=O) groups is 1. The van der Waals surface area contributed by atoms with E-state index in [0.717, 1.165) is 18.2 Å². The number of halogens is 3. The van der Waals surface area contributed by atoms with Gasteiger partial charge in [0.2, 0.25) is 6.20 Å². The molecule has 0 aromatic heterocycles. The van der Waals surface area contributed by atoms with Crippen LogP contribution in [0.1, 0.15) is 21.5 Å². The molecule has 0 saturated heterocycles. The number of aromatic carboxylic acids is 1. The predicted octanol–water partition coefficient (Wildman–Crippen LogP) is 4.39. The summed E-state index contributed by atoms with van der Waals surface area (Å²) < 4.78 is 38.2. The number of benzene rings is 2. The monoisotopic (exact) mass is 352 g/mol. The quantitative estimate of drug-likeness (QED) is 0.615. The highest BCUT2D eigenvalue weighted by Crippen LogP contribution is 2.32. The van der Waals surface area contributed by atoms with Gasteiger partial charge in [0.15, 0.2) is 0 Å². The van der Waals surface area contributed by atoms with Crippen LogP contribution in [0.15, 0.2) is 48.7 Å². The van der Waals surface area contributed by atoms with Crippen molar-refractivity contribution >= 4 is 23.4 Å². The first-order valence-corrected chi connectivity index (χ1v) is 6.80. The molecule has 0 heterocycles. The Bertz CT molecular complexity index is 848. The van der Waals surface area contributed by atoms with Gasteiger partial charge in [0.25, 0.3) is 0 Å². The number of rotatable bonds is 5. The van der Waals surface area contributed by atoms with Crippen molar-refractivity contribution < 1.29 is 28.0 Å². The fourth-order valence-corrected chi connectivity index (χ4v) is 2.03. The van der Waals surface area contributed by atoms with E-state index in [1.807, 2.05) is 0 Å². The first-order chi connectivity index (χ1) is 11.7. The van der Waals surface area contributed by atoms with Crippen LogP contribution in [0, 0.1) is 10.1 Å². The molecule has 0 bridgehead atoms. The second-order valence-electron chi connectivity index (χ2n) is 4.91. The summed E-state index contributed by atoms with van der Waals surface area (Å²) in [6.45, 7) is 0. The average molecular weight is 352 g/mol. The van der Waals surface area contributed by atoms with Crippen LogP contribution in [-0.4, -0.2) is 16.0 Å². The summed E-state index contributed by atoms with van der Waals surface area (Å²) in [5.74, 6) is -1.33. The SMILES string of the molecule is O=C(O)c1cc(C=C[N+](=O)[O-])ccc1Nc1cccc(C(F)(F)F)c1. The maximum Gasteiger partial charge on any atom is 0.416 e. The largest absolute Gasteiger partial charge is 0.478 e. The van der Waals surface area contributed by atoms with Gasteiger partial charge in [0.1, 0.15) is 0 Å². The lowest BCUT2D eigenvalue weighted by Gasteiger charge is -2.13. The van der Waals surface area contributed by atoms with Crippen LogP contribution >= 0.6 is 0 Å². The van der Waals surface area contributed by atoms with Gasteiger partial charge in [-0.15, -0.1) is 0 Å². The Hall–Kier alpha value is -3.36. The highest BCUT2D eigenvalue weighted by Gasteiger charge is 2.30. The van der Waals surface area contributed by atoms with E-state index in [9.17, 15) is 33.2 Å². The molecule has 25 heavy (non-hydrogen) atoms. The first-order valence-electron chi connectivity index (χ1n) is 6.80. The number of alkyl halides is 3. The molecule has 0 unspecified atom stereocenters.